The van der Waals surface area contributed by atoms with E-state index in [1.165, 1.54) is 13.2 Å². The van der Waals surface area contributed by atoms with Gasteiger partial charge in [-0.3, -0.25) is 4.79 Å². The molecule has 0 fully saturated rings. The minimum absolute atomic E-state index is 0.00765. The number of unbranched alkanes of at least 4 members (excludes halogenated alkanes) is 1. The first-order valence-electron chi connectivity index (χ1n) is 10.5. The first-order chi connectivity index (χ1) is 14.2. The molecule has 0 spiro atoms. The maximum Gasteiger partial charge on any atom is 0.336 e. The van der Waals surface area contributed by atoms with E-state index in [1.807, 2.05) is 13.8 Å². The number of aromatic hydroxyl groups is 1. The van der Waals surface area contributed by atoms with Crippen molar-refractivity contribution < 1.29 is 24.2 Å². The first-order valence-corrected chi connectivity index (χ1v) is 10.5. The number of nitrogens with one attached hydrogen (secondary N) is 1. The summed E-state index contributed by atoms with van der Waals surface area (Å²) in [5.74, 6) is -0.651. The fourth-order valence-corrected chi connectivity index (χ4v) is 4.30. The van der Waals surface area contributed by atoms with Crippen LogP contribution in [-0.4, -0.2) is 30.6 Å². The Kier molecular flexibility index (Phi) is 6.25. The maximum atomic E-state index is 13.2. The fourth-order valence-electron chi connectivity index (χ4n) is 4.30. The lowest BCUT2D eigenvalue weighted by Crippen LogP contribution is -2.38. The summed E-state index contributed by atoms with van der Waals surface area (Å²) >= 11 is 0. The summed E-state index contributed by atoms with van der Waals surface area (Å²) in [7, 11) is 1.47. The Hall–Kier alpha value is -2.76. The van der Waals surface area contributed by atoms with Crippen LogP contribution in [0.3, 0.4) is 0 Å². The van der Waals surface area contributed by atoms with Crippen LogP contribution < -0.4 is 10.1 Å². The molecular formula is C24H31NO5. The van der Waals surface area contributed by atoms with Crippen molar-refractivity contribution in [1.29, 1.82) is 0 Å². The highest BCUT2D eigenvalue weighted by molar-refractivity contribution is 6.04. The monoisotopic (exact) mass is 413 g/mol. The molecule has 0 saturated heterocycles. The zero-order valence-corrected chi connectivity index (χ0v) is 18.4. The first kappa shape index (κ1) is 21.9. The number of carbonyl (C=O) groups is 2. The fraction of sp³-hybridized carbons (Fsp3) is 0.500. The molecule has 0 bridgehead atoms. The topological polar surface area (TPSA) is 84.9 Å². The predicted molar refractivity (Wildman–Crippen MR) is 114 cm³/mol. The van der Waals surface area contributed by atoms with Crippen molar-refractivity contribution in [2.45, 2.75) is 59.3 Å². The lowest BCUT2D eigenvalue weighted by Gasteiger charge is -2.39. The second kappa shape index (κ2) is 8.54. The third kappa shape index (κ3) is 4.23. The van der Waals surface area contributed by atoms with Gasteiger partial charge in [0.1, 0.15) is 0 Å². The van der Waals surface area contributed by atoms with E-state index in [-0.39, 0.29) is 16.9 Å². The Morgan fingerprint density at radius 2 is 2.03 bits per heavy atom. The summed E-state index contributed by atoms with van der Waals surface area (Å²) in [6.45, 7) is 8.36. The van der Waals surface area contributed by atoms with Gasteiger partial charge in [-0.2, -0.15) is 0 Å². The smallest absolute Gasteiger partial charge is 0.336 e. The van der Waals surface area contributed by atoms with Gasteiger partial charge in [-0.25, -0.2) is 4.79 Å². The third-order valence-corrected chi connectivity index (χ3v) is 5.73. The number of ether oxygens (including phenoxy) is 2. The van der Waals surface area contributed by atoms with Crippen LogP contribution in [-0.2, 0) is 14.3 Å². The number of phenolic OH excluding ortho intramolecular Hbond substituents is 1. The van der Waals surface area contributed by atoms with E-state index in [0.717, 1.165) is 25.0 Å². The van der Waals surface area contributed by atoms with Crippen molar-refractivity contribution in [3.8, 4) is 11.5 Å². The number of benzene rings is 1. The molecule has 1 heterocycles. The van der Waals surface area contributed by atoms with E-state index >= 15 is 0 Å². The highest BCUT2D eigenvalue weighted by atomic mass is 16.5. The van der Waals surface area contributed by atoms with E-state index < -0.39 is 11.9 Å². The molecule has 2 N–H and O–H groups in total. The van der Waals surface area contributed by atoms with Crippen molar-refractivity contribution in [2.75, 3.05) is 13.7 Å². The zero-order chi connectivity index (χ0) is 22.1. The van der Waals surface area contributed by atoms with Gasteiger partial charge in [0, 0.05) is 29.3 Å². The summed E-state index contributed by atoms with van der Waals surface area (Å²) in [6.07, 6.45) is 2.83. The largest absolute Gasteiger partial charge is 0.504 e. The van der Waals surface area contributed by atoms with Crippen LogP contribution in [0.25, 0.3) is 0 Å². The molecule has 6 heteroatoms. The number of phenols is 1. The highest BCUT2D eigenvalue weighted by Crippen LogP contribution is 2.47. The Bertz CT molecular complexity index is 926. The average Bonchev–Trinajstić information content (AvgIpc) is 2.66. The molecule has 6 nitrogen and oxygen atoms in total. The minimum Gasteiger partial charge on any atom is -0.504 e. The Morgan fingerprint density at radius 3 is 2.70 bits per heavy atom. The van der Waals surface area contributed by atoms with Gasteiger partial charge in [-0.05, 0) is 42.9 Å². The van der Waals surface area contributed by atoms with Gasteiger partial charge in [-0.15, -0.1) is 0 Å². The van der Waals surface area contributed by atoms with Crippen molar-refractivity contribution >= 4 is 11.8 Å². The molecule has 0 radical (unpaired) electrons. The van der Waals surface area contributed by atoms with Crippen LogP contribution in [0.2, 0.25) is 0 Å². The molecule has 1 aliphatic heterocycles. The van der Waals surface area contributed by atoms with Gasteiger partial charge in [0.2, 0.25) is 0 Å². The number of hydrogen-bond acceptors (Lipinski definition) is 6. The number of esters is 1. The number of dihydropyridines is 1. The number of methoxy groups -OCH3 is 1. The van der Waals surface area contributed by atoms with Crippen LogP contribution >= 0.6 is 0 Å². The lowest BCUT2D eigenvalue weighted by atomic mass is 9.68. The SMILES string of the molecule is CCCCOC(=O)C1=C(C)NC2=C(C(=O)CC(C)(C)C2)[C@@H]1c1ccc(O)c(OC)c1. The predicted octanol–water partition coefficient (Wildman–Crippen LogP) is 4.35. The molecule has 0 amide bonds. The summed E-state index contributed by atoms with van der Waals surface area (Å²) in [4.78, 5) is 26.3. The third-order valence-electron chi connectivity index (χ3n) is 5.73. The lowest BCUT2D eigenvalue weighted by molar-refractivity contribution is -0.139. The van der Waals surface area contributed by atoms with Crippen LogP contribution in [0.5, 0.6) is 11.5 Å². The van der Waals surface area contributed by atoms with E-state index in [1.54, 1.807) is 12.1 Å². The Balaban J connectivity index is 2.12. The Labute approximate surface area is 178 Å². The van der Waals surface area contributed by atoms with Crippen LogP contribution in [0.1, 0.15) is 64.9 Å². The maximum absolute atomic E-state index is 13.2. The Morgan fingerprint density at radius 1 is 1.30 bits per heavy atom. The molecule has 3 rings (SSSR count). The second-order valence-corrected chi connectivity index (χ2v) is 8.85. The zero-order valence-electron chi connectivity index (χ0n) is 18.4. The number of hydrogen-bond donors (Lipinski definition) is 2. The standard InChI is InChI=1S/C24H31NO5/c1-6-7-10-30-23(28)20-14(2)25-16-12-24(3,4)13-18(27)22(16)21(20)15-8-9-17(26)19(11-15)29-5/h8-9,11,21,25-26H,6-7,10,12-13H2,1-5H3/t21-/m1/s1. The van der Waals surface area contributed by atoms with Crippen molar-refractivity contribution in [3.05, 3.63) is 46.3 Å². The molecule has 162 valence electrons. The number of carbonyl (C=O) groups excluding carboxylic acids is 2. The van der Waals surface area contributed by atoms with E-state index in [2.05, 4.69) is 19.2 Å². The van der Waals surface area contributed by atoms with E-state index in [9.17, 15) is 14.7 Å². The van der Waals surface area contributed by atoms with Crippen molar-refractivity contribution in [2.24, 2.45) is 5.41 Å². The molecule has 1 aromatic carbocycles. The highest BCUT2D eigenvalue weighted by Gasteiger charge is 2.43. The summed E-state index contributed by atoms with van der Waals surface area (Å²) < 4.78 is 10.8. The average molecular weight is 414 g/mol. The summed E-state index contributed by atoms with van der Waals surface area (Å²) in [6, 6.07) is 4.96. The van der Waals surface area contributed by atoms with Crippen LogP contribution in [0, 0.1) is 5.41 Å². The number of Topliss-reactive ketones (excluding diaryl/α,β-unsaturated/α-hetero) is 1. The molecule has 30 heavy (non-hydrogen) atoms. The van der Waals surface area contributed by atoms with Crippen LogP contribution in [0.15, 0.2) is 40.7 Å². The van der Waals surface area contributed by atoms with Gasteiger partial charge >= 0.3 is 5.97 Å². The molecule has 1 atom stereocenters. The van der Waals surface area contributed by atoms with E-state index in [4.69, 9.17) is 9.47 Å². The normalized spacial score (nSPS) is 20.6. The van der Waals surface area contributed by atoms with E-state index in [0.29, 0.717) is 41.2 Å². The molecule has 1 aliphatic carbocycles. The minimum atomic E-state index is -0.562. The van der Waals surface area contributed by atoms with Gasteiger partial charge in [0.25, 0.3) is 0 Å². The van der Waals surface area contributed by atoms with Gasteiger partial charge in [0.15, 0.2) is 17.3 Å². The molecule has 0 aromatic heterocycles. The number of allylic oxidation sites excluding steroid dienone is 3. The van der Waals surface area contributed by atoms with Crippen molar-refractivity contribution in [3.63, 3.8) is 0 Å². The van der Waals surface area contributed by atoms with Gasteiger partial charge < -0.3 is 19.9 Å². The number of rotatable bonds is 6. The quantitative estimate of drug-likeness (QED) is 0.533. The summed E-state index contributed by atoms with van der Waals surface area (Å²) in [5.41, 5.74) is 3.16. The molecule has 0 unspecified atom stereocenters. The summed E-state index contributed by atoms with van der Waals surface area (Å²) in [5, 5.41) is 13.4. The van der Waals surface area contributed by atoms with Gasteiger partial charge in [-0.1, -0.05) is 33.3 Å². The molecule has 2 aliphatic rings. The van der Waals surface area contributed by atoms with Gasteiger partial charge in [0.05, 0.1) is 19.3 Å². The van der Waals surface area contributed by atoms with Crippen molar-refractivity contribution in [1.82, 2.24) is 5.32 Å². The molecule has 0 saturated carbocycles. The molecule has 1 aromatic rings. The van der Waals surface area contributed by atoms with Crippen LogP contribution in [0.4, 0.5) is 0 Å². The molecular weight excluding hydrogens is 382 g/mol. The second-order valence-electron chi connectivity index (χ2n) is 8.85. The number of ketones is 1.